The van der Waals surface area contributed by atoms with E-state index in [0.29, 0.717) is 17.9 Å². The molecular formula is C21H36ClNO3. The molecule has 5 unspecified atom stereocenters. The lowest BCUT2D eigenvalue weighted by molar-refractivity contribution is -0.129. The summed E-state index contributed by atoms with van der Waals surface area (Å²) in [4.78, 5) is 12.8. The first-order chi connectivity index (χ1) is 12.7. The molecule has 2 aliphatic heterocycles. The van der Waals surface area contributed by atoms with E-state index in [0.717, 1.165) is 64.5 Å². The second-order valence-corrected chi connectivity index (χ2v) is 9.13. The fraction of sp³-hybridized carbons (Fsp3) is 0.952. The van der Waals surface area contributed by atoms with Gasteiger partial charge in [-0.25, -0.2) is 0 Å². The zero-order chi connectivity index (χ0) is 18.4. The Kier molecular flexibility index (Phi) is 8.08. The lowest BCUT2D eigenvalue weighted by Crippen LogP contribution is -2.41. The second-order valence-electron chi connectivity index (χ2n) is 8.57. The van der Waals surface area contributed by atoms with Crippen molar-refractivity contribution in [1.82, 2.24) is 5.32 Å². The highest BCUT2D eigenvalue weighted by atomic mass is 35.5. The van der Waals surface area contributed by atoms with Crippen molar-refractivity contribution in [2.24, 2.45) is 17.8 Å². The number of hydrogen-bond acceptors (Lipinski definition) is 3. The van der Waals surface area contributed by atoms with Gasteiger partial charge in [-0.3, -0.25) is 4.79 Å². The number of hydrogen-bond donors (Lipinski definition) is 1. The minimum atomic E-state index is 0.131. The van der Waals surface area contributed by atoms with Gasteiger partial charge < -0.3 is 14.8 Å². The number of alkyl halides is 1. The molecule has 4 fully saturated rings. The van der Waals surface area contributed by atoms with Crippen molar-refractivity contribution in [2.45, 2.75) is 88.2 Å². The van der Waals surface area contributed by atoms with Crippen molar-refractivity contribution in [3.05, 3.63) is 0 Å². The Morgan fingerprint density at radius 3 is 2.73 bits per heavy atom. The van der Waals surface area contributed by atoms with E-state index in [1.807, 2.05) is 0 Å². The van der Waals surface area contributed by atoms with E-state index in [4.69, 9.17) is 21.1 Å². The van der Waals surface area contributed by atoms with Gasteiger partial charge in [0.15, 0.2) is 0 Å². The van der Waals surface area contributed by atoms with Crippen LogP contribution in [0.1, 0.15) is 70.6 Å². The third-order valence-electron chi connectivity index (χ3n) is 6.83. The predicted octanol–water partition coefficient (Wildman–Crippen LogP) is 4.29. The van der Waals surface area contributed by atoms with Crippen molar-refractivity contribution < 1.29 is 14.3 Å². The van der Waals surface area contributed by atoms with Crippen LogP contribution in [0.15, 0.2) is 0 Å². The van der Waals surface area contributed by atoms with Crippen LogP contribution in [-0.4, -0.2) is 43.8 Å². The number of carbonyl (C=O) groups is 1. The molecule has 0 radical (unpaired) electrons. The Hall–Kier alpha value is -0.320. The third kappa shape index (κ3) is 5.59. The number of amides is 1. The zero-order valence-corrected chi connectivity index (χ0v) is 17.0. The van der Waals surface area contributed by atoms with Crippen molar-refractivity contribution in [2.75, 3.05) is 20.3 Å². The van der Waals surface area contributed by atoms with E-state index >= 15 is 0 Å². The van der Waals surface area contributed by atoms with Gasteiger partial charge in [0.2, 0.25) is 5.91 Å². The molecule has 0 aromatic rings. The van der Waals surface area contributed by atoms with Crippen LogP contribution in [0.3, 0.4) is 0 Å². The molecule has 2 aliphatic carbocycles. The number of methoxy groups -OCH3 is 1. The second kappa shape index (κ2) is 10.3. The van der Waals surface area contributed by atoms with Crippen LogP contribution in [0, 0.1) is 17.8 Å². The minimum Gasteiger partial charge on any atom is -0.381 e. The Morgan fingerprint density at radius 2 is 1.92 bits per heavy atom. The summed E-state index contributed by atoms with van der Waals surface area (Å²) in [6.45, 7) is 1.61. The molecule has 0 aromatic heterocycles. The van der Waals surface area contributed by atoms with E-state index < -0.39 is 0 Å². The number of fused-ring (bicyclic) bond motifs is 10. The quantitative estimate of drug-likeness (QED) is 0.685. The Morgan fingerprint density at radius 1 is 1.04 bits per heavy atom. The fourth-order valence-corrected chi connectivity index (χ4v) is 5.62. The molecule has 1 amide bonds. The van der Waals surface area contributed by atoms with Gasteiger partial charge in [-0.2, -0.15) is 0 Å². The molecule has 1 N–H and O–H groups in total. The largest absolute Gasteiger partial charge is 0.381 e. The highest BCUT2D eigenvalue weighted by Crippen LogP contribution is 2.36. The number of rotatable bonds is 1. The summed E-state index contributed by atoms with van der Waals surface area (Å²) in [5.74, 6) is 1.52. The zero-order valence-electron chi connectivity index (χ0n) is 16.3. The number of ether oxygens (including phenoxy) is 2. The molecule has 2 bridgehead atoms. The topological polar surface area (TPSA) is 47.6 Å². The molecule has 4 aliphatic rings. The molecule has 4 rings (SSSR count). The van der Waals surface area contributed by atoms with E-state index in [1.54, 1.807) is 7.11 Å². The van der Waals surface area contributed by atoms with Crippen LogP contribution < -0.4 is 5.32 Å². The van der Waals surface area contributed by atoms with Gasteiger partial charge in [0.05, 0.1) is 17.6 Å². The first kappa shape index (κ1) is 20.4. The van der Waals surface area contributed by atoms with Crippen LogP contribution in [0.25, 0.3) is 0 Å². The Labute approximate surface area is 163 Å². The standard InChI is InChI=1S/C21H36ClNO3/c1-25-17-7-8-18-16(14-17)5-3-2-4-12-26-20-9-6-15(13-19(20)22)10-11-23-21(18)24/h15-20H,2-14H2,1H3,(H,23,24)/t15-,16?,17?,18?,19?,20?/m0/s1. The molecule has 2 saturated heterocycles. The van der Waals surface area contributed by atoms with Crippen LogP contribution in [-0.2, 0) is 14.3 Å². The van der Waals surface area contributed by atoms with E-state index in [-0.39, 0.29) is 23.3 Å². The van der Waals surface area contributed by atoms with E-state index in [2.05, 4.69) is 5.32 Å². The smallest absolute Gasteiger partial charge is 0.223 e. The summed E-state index contributed by atoms with van der Waals surface area (Å²) in [7, 11) is 1.80. The van der Waals surface area contributed by atoms with Gasteiger partial charge in [0.1, 0.15) is 0 Å². The molecule has 150 valence electrons. The van der Waals surface area contributed by atoms with E-state index in [9.17, 15) is 4.79 Å². The summed E-state index contributed by atoms with van der Waals surface area (Å²) >= 11 is 6.56. The number of nitrogens with one attached hydrogen (secondary N) is 1. The predicted molar refractivity (Wildman–Crippen MR) is 104 cm³/mol. The number of carbonyl (C=O) groups excluding carboxylic acids is 1. The van der Waals surface area contributed by atoms with Crippen LogP contribution in [0.2, 0.25) is 0 Å². The molecular weight excluding hydrogens is 350 g/mol. The molecule has 5 heteroatoms. The van der Waals surface area contributed by atoms with Crippen LogP contribution in [0.4, 0.5) is 0 Å². The van der Waals surface area contributed by atoms with Crippen molar-refractivity contribution >= 4 is 17.5 Å². The summed E-state index contributed by atoms with van der Waals surface area (Å²) < 4.78 is 11.7. The van der Waals surface area contributed by atoms with Crippen LogP contribution in [0.5, 0.6) is 0 Å². The molecule has 4 nitrogen and oxygen atoms in total. The van der Waals surface area contributed by atoms with Crippen molar-refractivity contribution in [1.29, 1.82) is 0 Å². The minimum absolute atomic E-state index is 0.131. The maximum absolute atomic E-state index is 12.8. The van der Waals surface area contributed by atoms with Crippen LogP contribution >= 0.6 is 11.6 Å². The number of halogens is 1. The summed E-state index contributed by atoms with van der Waals surface area (Å²) in [5, 5.41) is 3.37. The molecule has 6 atom stereocenters. The molecule has 2 heterocycles. The van der Waals surface area contributed by atoms with Crippen molar-refractivity contribution in [3.63, 3.8) is 0 Å². The molecule has 2 saturated carbocycles. The van der Waals surface area contributed by atoms with E-state index in [1.165, 1.54) is 19.3 Å². The lowest BCUT2D eigenvalue weighted by Gasteiger charge is -2.36. The van der Waals surface area contributed by atoms with Gasteiger partial charge in [-0.1, -0.05) is 12.8 Å². The van der Waals surface area contributed by atoms with Gasteiger partial charge in [-0.15, -0.1) is 11.6 Å². The van der Waals surface area contributed by atoms with Gasteiger partial charge in [0, 0.05) is 26.2 Å². The maximum atomic E-state index is 12.8. The average molecular weight is 386 g/mol. The highest BCUT2D eigenvalue weighted by molar-refractivity contribution is 6.21. The maximum Gasteiger partial charge on any atom is 0.223 e. The summed E-state index contributed by atoms with van der Waals surface area (Å²) in [6.07, 6.45) is 12.4. The SMILES string of the molecule is COC1CCC2C(=O)NCC[C@@H]3CCC(OCCCCCC2C1)C(Cl)C3. The fourth-order valence-electron chi connectivity index (χ4n) is 5.17. The first-order valence-corrected chi connectivity index (χ1v) is 11.2. The molecule has 26 heavy (non-hydrogen) atoms. The lowest BCUT2D eigenvalue weighted by atomic mass is 9.74. The average Bonchev–Trinajstić information content (AvgIpc) is 2.64. The Bertz CT molecular complexity index is 447. The third-order valence-corrected chi connectivity index (χ3v) is 7.29. The first-order valence-electron chi connectivity index (χ1n) is 10.7. The Balaban J connectivity index is 1.59. The molecule has 0 spiro atoms. The summed E-state index contributed by atoms with van der Waals surface area (Å²) in [6, 6.07) is 0. The molecule has 0 aromatic carbocycles. The highest BCUT2D eigenvalue weighted by Gasteiger charge is 2.35. The van der Waals surface area contributed by atoms with Gasteiger partial charge >= 0.3 is 0 Å². The van der Waals surface area contributed by atoms with Gasteiger partial charge in [-0.05, 0) is 69.6 Å². The van der Waals surface area contributed by atoms with Gasteiger partial charge in [0.25, 0.3) is 0 Å². The normalized spacial score (nSPS) is 40.6. The summed E-state index contributed by atoms with van der Waals surface area (Å²) in [5.41, 5.74) is 0. The monoisotopic (exact) mass is 385 g/mol. The van der Waals surface area contributed by atoms with Crippen molar-refractivity contribution in [3.8, 4) is 0 Å².